The number of imide groups is 2. The summed E-state index contributed by atoms with van der Waals surface area (Å²) in [5, 5.41) is 2.25. The lowest BCUT2D eigenvalue weighted by molar-refractivity contribution is -0.122. The highest BCUT2D eigenvalue weighted by Crippen LogP contribution is 2.36. The first kappa shape index (κ1) is 25.4. The smallest absolute Gasteiger partial charge is 0.335 e. The van der Waals surface area contributed by atoms with Gasteiger partial charge in [-0.3, -0.25) is 14.9 Å². The maximum Gasteiger partial charge on any atom is 0.335 e. The summed E-state index contributed by atoms with van der Waals surface area (Å²) in [4.78, 5) is 39.2. The molecule has 1 saturated heterocycles. The lowest BCUT2D eigenvalue weighted by atomic mass is 10.1. The van der Waals surface area contributed by atoms with Gasteiger partial charge in [0.1, 0.15) is 12.2 Å². The number of carbonyl (C=O) groups is 3. The minimum Gasteiger partial charge on any atom is -0.490 e. The van der Waals surface area contributed by atoms with Crippen LogP contribution in [0.5, 0.6) is 11.5 Å². The van der Waals surface area contributed by atoms with Crippen LogP contribution in [0.3, 0.4) is 0 Å². The lowest BCUT2D eigenvalue weighted by Gasteiger charge is -2.26. The lowest BCUT2D eigenvalue weighted by Crippen LogP contribution is -2.54. The zero-order valence-electron chi connectivity index (χ0n) is 20.1. The van der Waals surface area contributed by atoms with Crippen molar-refractivity contribution in [2.75, 3.05) is 11.5 Å². The molecule has 0 bridgehead atoms. The highest BCUT2D eigenvalue weighted by molar-refractivity contribution is 14.1. The summed E-state index contributed by atoms with van der Waals surface area (Å²) in [6.45, 7) is 6.57. The molecule has 36 heavy (non-hydrogen) atoms. The molecule has 7 nitrogen and oxygen atoms in total. The number of nitrogens with one attached hydrogen (secondary N) is 1. The van der Waals surface area contributed by atoms with Crippen molar-refractivity contribution in [1.29, 1.82) is 0 Å². The molecule has 0 atom stereocenters. The van der Waals surface area contributed by atoms with E-state index in [4.69, 9.17) is 9.47 Å². The van der Waals surface area contributed by atoms with Gasteiger partial charge in [-0.25, -0.2) is 9.69 Å². The normalized spacial score (nSPS) is 14.7. The van der Waals surface area contributed by atoms with Crippen molar-refractivity contribution in [2.45, 2.75) is 27.4 Å². The van der Waals surface area contributed by atoms with E-state index < -0.39 is 17.8 Å². The summed E-state index contributed by atoms with van der Waals surface area (Å²) in [5.41, 5.74) is 3.96. The van der Waals surface area contributed by atoms with Crippen molar-refractivity contribution < 1.29 is 23.9 Å². The molecule has 4 amide bonds. The van der Waals surface area contributed by atoms with Crippen molar-refractivity contribution in [3.05, 3.63) is 92.1 Å². The first-order valence-electron chi connectivity index (χ1n) is 11.4. The minimum absolute atomic E-state index is 0.151. The number of urea groups is 1. The fourth-order valence-corrected chi connectivity index (χ4v) is 4.57. The highest BCUT2D eigenvalue weighted by Gasteiger charge is 2.36. The number of anilines is 1. The molecule has 1 aliphatic rings. The Labute approximate surface area is 223 Å². The van der Waals surface area contributed by atoms with E-state index in [1.807, 2.05) is 39.0 Å². The van der Waals surface area contributed by atoms with Gasteiger partial charge in [0.05, 0.1) is 15.9 Å². The first-order chi connectivity index (χ1) is 17.3. The van der Waals surface area contributed by atoms with Gasteiger partial charge in [-0.15, -0.1) is 0 Å². The van der Waals surface area contributed by atoms with Crippen LogP contribution < -0.4 is 19.7 Å². The zero-order chi connectivity index (χ0) is 25.8. The van der Waals surface area contributed by atoms with Crippen LogP contribution in [0.2, 0.25) is 0 Å². The maximum atomic E-state index is 13.2. The van der Waals surface area contributed by atoms with Crippen LogP contribution >= 0.6 is 22.6 Å². The molecule has 8 heteroatoms. The number of hydrogen-bond donors (Lipinski definition) is 1. The molecule has 1 heterocycles. The molecular formula is C28H25IN2O5. The molecule has 4 rings (SSSR count). The third-order valence-corrected chi connectivity index (χ3v) is 6.30. The van der Waals surface area contributed by atoms with Gasteiger partial charge in [0.15, 0.2) is 11.5 Å². The fraction of sp³-hybridized carbons (Fsp3) is 0.179. The summed E-state index contributed by atoms with van der Waals surface area (Å²) in [6, 6.07) is 17.7. The summed E-state index contributed by atoms with van der Waals surface area (Å²) in [7, 11) is 0. The van der Waals surface area contributed by atoms with Crippen LogP contribution in [0.1, 0.15) is 29.2 Å². The van der Waals surface area contributed by atoms with Crippen molar-refractivity contribution in [3.8, 4) is 11.5 Å². The number of benzene rings is 3. The highest BCUT2D eigenvalue weighted by atomic mass is 127. The zero-order valence-corrected chi connectivity index (χ0v) is 22.3. The van der Waals surface area contributed by atoms with Gasteiger partial charge in [0.25, 0.3) is 11.8 Å². The molecule has 1 aliphatic heterocycles. The van der Waals surface area contributed by atoms with Crippen LogP contribution in [0, 0.1) is 17.4 Å². The second kappa shape index (κ2) is 10.9. The Bertz CT molecular complexity index is 1360. The molecule has 0 aromatic heterocycles. The predicted molar refractivity (Wildman–Crippen MR) is 146 cm³/mol. The first-order valence-corrected chi connectivity index (χ1v) is 12.5. The second-order valence-corrected chi connectivity index (χ2v) is 9.50. The van der Waals surface area contributed by atoms with Gasteiger partial charge in [0, 0.05) is 0 Å². The van der Waals surface area contributed by atoms with E-state index in [0.717, 1.165) is 25.2 Å². The van der Waals surface area contributed by atoms with E-state index in [-0.39, 0.29) is 5.57 Å². The van der Waals surface area contributed by atoms with Crippen LogP contribution in [-0.4, -0.2) is 24.5 Å². The minimum atomic E-state index is -0.782. The number of hydrogen-bond acceptors (Lipinski definition) is 5. The van der Waals surface area contributed by atoms with Gasteiger partial charge in [-0.05, 0) is 84.8 Å². The molecule has 3 aromatic carbocycles. The molecule has 3 aromatic rings. The average Bonchev–Trinajstić information content (AvgIpc) is 2.82. The topological polar surface area (TPSA) is 84.9 Å². The van der Waals surface area contributed by atoms with Gasteiger partial charge >= 0.3 is 6.03 Å². The number of nitrogens with zero attached hydrogens (tertiary/aromatic N) is 1. The van der Waals surface area contributed by atoms with Crippen molar-refractivity contribution in [2.24, 2.45) is 0 Å². The molecule has 0 spiro atoms. The predicted octanol–water partition coefficient (Wildman–Crippen LogP) is 5.55. The van der Waals surface area contributed by atoms with E-state index >= 15 is 0 Å². The maximum absolute atomic E-state index is 13.2. The summed E-state index contributed by atoms with van der Waals surface area (Å²) >= 11 is 2.14. The molecule has 0 radical (unpaired) electrons. The summed E-state index contributed by atoms with van der Waals surface area (Å²) in [6.07, 6.45) is 1.46. The molecule has 1 N–H and O–H groups in total. The summed E-state index contributed by atoms with van der Waals surface area (Å²) < 4.78 is 12.7. The largest absolute Gasteiger partial charge is 0.490 e. The van der Waals surface area contributed by atoms with Crippen LogP contribution in [0.25, 0.3) is 6.08 Å². The van der Waals surface area contributed by atoms with E-state index in [1.165, 1.54) is 6.08 Å². The molecule has 0 unspecified atom stereocenters. The van der Waals surface area contributed by atoms with Gasteiger partial charge < -0.3 is 9.47 Å². The van der Waals surface area contributed by atoms with Crippen LogP contribution in [0.4, 0.5) is 10.5 Å². The summed E-state index contributed by atoms with van der Waals surface area (Å²) in [5.74, 6) is -0.363. The third-order valence-electron chi connectivity index (χ3n) is 5.50. The number of barbiturate groups is 1. The van der Waals surface area contributed by atoms with E-state index in [1.54, 1.807) is 36.4 Å². The Kier molecular flexibility index (Phi) is 7.73. The Morgan fingerprint density at radius 1 is 0.944 bits per heavy atom. The monoisotopic (exact) mass is 596 g/mol. The SMILES string of the molecule is CCOc1cc(/C=C2\C(=O)NC(=O)N(c3ccc(C)cc3)C2=O)cc(I)c1OCc1cccc(C)c1. The second-order valence-electron chi connectivity index (χ2n) is 8.33. The van der Waals surface area contributed by atoms with E-state index in [2.05, 4.69) is 34.0 Å². The van der Waals surface area contributed by atoms with Gasteiger partial charge in [-0.2, -0.15) is 0 Å². The average molecular weight is 596 g/mol. The number of rotatable bonds is 7. The quantitative estimate of drug-likeness (QED) is 0.220. The Morgan fingerprint density at radius 3 is 2.39 bits per heavy atom. The Morgan fingerprint density at radius 2 is 1.69 bits per heavy atom. The van der Waals surface area contributed by atoms with Gasteiger partial charge in [-0.1, -0.05) is 47.5 Å². The van der Waals surface area contributed by atoms with Crippen molar-refractivity contribution in [1.82, 2.24) is 5.32 Å². The van der Waals surface area contributed by atoms with Crippen LogP contribution in [-0.2, 0) is 16.2 Å². The Balaban J connectivity index is 1.65. The third kappa shape index (κ3) is 5.59. The molecule has 184 valence electrons. The number of aryl methyl sites for hydroxylation is 2. The number of halogens is 1. The van der Waals surface area contributed by atoms with Crippen molar-refractivity contribution in [3.63, 3.8) is 0 Å². The number of carbonyl (C=O) groups excluding carboxylic acids is 3. The number of amides is 4. The molecule has 1 fully saturated rings. The molecular weight excluding hydrogens is 571 g/mol. The fourth-order valence-electron chi connectivity index (χ4n) is 3.78. The van der Waals surface area contributed by atoms with E-state index in [0.29, 0.717) is 36.0 Å². The van der Waals surface area contributed by atoms with Crippen molar-refractivity contribution >= 4 is 52.2 Å². The molecule has 0 aliphatic carbocycles. The van der Waals surface area contributed by atoms with E-state index in [9.17, 15) is 14.4 Å². The standard InChI is InChI=1S/C28H25IN2O5/c1-4-35-24-15-20(14-23(29)25(24)36-16-19-7-5-6-18(3)12-19)13-22-26(32)30-28(34)31(27(22)33)21-10-8-17(2)9-11-21/h5-15H,4,16H2,1-3H3,(H,30,32,34)/b22-13+. The molecule has 0 saturated carbocycles. The number of ether oxygens (including phenoxy) is 2. The Hall–Kier alpha value is -3.66. The van der Waals surface area contributed by atoms with Crippen LogP contribution in [0.15, 0.2) is 66.2 Å². The van der Waals surface area contributed by atoms with Gasteiger partial charge in [0.2, 0.25) is 0 Å².